The van der Waals surface area contributed by atoms with Crippen LogP contribution >= 0.6 is 0 Å². The Kier molecular flexibility index (Phi) is 11.3. The first-order chi connectivity index (χ1) is 2.00. The molecule has 0 amide bonds. The zero-order chi connectivity index (χ0) is 4.50. The summed E-state index contributed by atoms with van der Waals surface area (Å²) < 4.78 is 34.4. The quantitative estimate of drug-likeness (QED) is 0.441. The van der Waals surface area contributed by atoms with Crippen molar-refractivity contribution < 1.29 is 61.2 Å². The molecule has 1 radical (unpaired) electrons. The van der Waals surface area contributed by atoms with Gasteiger partial charge in [-0.05, 0) is 0 Å². The maximum atomic E-state index is 8.59. The molecule has 0 saturated carbocycles. The van der Waals surface area contributed by atoms with Crippen molar-refractivity contribution in [3.05, 3.63) is 0 Å². The van der Waals surface area contributed by atoms with E-state index >= 15 is 0 Å². The average Bonchev–Trinajstić information content (AvgIpc) is 0.722. The molecule has 0 aromatic rings. The van der Waals surface area contributed by atoms with Crippen molar-refractivity contribution in [3.8, 4) is 0 Å². The van der Waals surface area contributed by atoms with Gasteiger partial charge in [0, 0.05) is 0 Å². The van der Waals surface area contributed by atoms with Crippen LogP contribution in [0.4, 0.5) is 0 Å². The van der Waals surface area contributed by atoms with Gasteiger partial charge in [0.15, 0.2) is 0 Å². The molecule has 0 aromatic heterocycles. The molecule has 0 bridgehead atoms. The number of rotatable bonds is 0. The van der Waals surface area contributed by atoms with Gasteiger partial charge in [0.1, 0.15) is 0 Å². The first-order valence-electron chi connectivity index (χ1n) is 0.667. The summed E-state index contributed by atoms with van der Waals surface area (Å²) in [5.74, 6) is 0. The summed E-state index contributed by atoms with van der Waals surface area (Å²) in [4.78, 5) is 0. The van der Waals surface area contributed by atoms with Crippen LogP contribution in [-0.2, 0) is 47.4 Å². The van der Waals surface area contributed by atoms with E-state index in [0.717, 1.165) is 0 Å². The Morgan fingerprint density at radius 1 is 1.14 bits per heavy atom. The minimum Gasteiger partial charge on any atom is 3.00 e. The van der Waals surface area contributed by atoms with E-state index in [-0.39, 0.29) is 31.7 Å². The van der Waals surface area contributed by atoms with Crippen molar-refractivity contribution in [2.45, 2.75) is 0 Å². The SMILES string of the molecule is [OH-].[O]=[Cr](=[O])([O-])[O-].[Zr+3]. The smallest absolute Gasteiger partial charge is 3.00 e. The minimum absolute atomic E-state index is 0. The Hall–Kier alpha value is 0.896. The van der Waals surface area contributed by atoms with E-state index in [9.17, 15) is 0 Å². The fourth-order valence-corrected chi connectivity index (χ4v) is 0. The molecule has 0 aliphatic carbocycles. The van der Waals surface area contributed by atoms with Gasteiger partial charge in [-0.2, -0.15) is 0 Å². The standard InChI is InChI=1S/Cr.H2O.4O.Zr/h;1H2;;;;;/q;;;;2*-1;+3/p-1. The second-order valence-corrected chi connectivity index (χ2v) is 1.68. The molecule has 0 rings (SSSR count). The van der Waals surface area contributed by atoms with Crippen molar-refractivity contribution >= 4 is 0 Å². The Morgan fingerprint density at radius 2 is 1.14 bits per heavy atom. The van der Waals surface area contributed by atoms with E-state index in [1.807, 2.05) is 0 Å². The predicted molar refractivity (Wildman–Crippen MR) is 3.31 cm³/mol. The van der Waals surface area contributed by atoms with Gasteiger partial charge in [0.05, 0.1) is 0 Å². The van der Waals surface area contributed by atoms with Crippen LogP contribution in [-0.4, -0.2) is 5.48 Å². The first kappa shape index (κ1) is 15.7. The van der Waals surface area contributed by atoms with Gasteiger partial charge in [-0.1, -0.05) is 0 Å². The summed E-state index contributed by atoms with van der Waals surface area (Å²) in [5.41, 5.74) is 0. The van der Waals surface area contributed by atoms with Crippen LogP contribution in [0.1, 0.15) is 0 Å². The number of hydrogen-bond acceptors (Lipinski definition) is 5. The normalized spacial score (nSPS) is 8.29. The van der Waals surface area contributed by atoms with E-state index in [0.29, 0.717) is 0 Å². The molecular weight excluding hydrogens is 223 g/mol. The Morgan fingerprint density at radius 3 is 1.14 bits per heavy atom. The fraction of sp³-hybridized carbons (Fsp3) is 0. The third-order valence-electron chi connectivity index (χ3n) is 0. The third-order valence-corrected chi connectivity index (χ3v) is 0. The van der Waals surface area contributed by atoms with Crippen LogP contribution in [0.5, 0.6) is 0 Å². The molecule has 0 unspecified atom stereocenters. The summed E-state index contributed by atoms with van der Waals surface area (Å²) in [5, 5.41) is 0. The van der Waals surface area contributed by atoms with Crippen LogP contribution in [0.3, 0.4) is 0 Å². The maximum absolute atomic E-state index is 8.59. The van der Waals surface area contributed by atoms with Gasteiger partial charge in [-0.15, -0.1) is 0 Å². The molecule has 0 aromatic carbocycles. The van der Waals surface area contributed by atoms with E-state index in [2.05, 4.69) is 0 Å². The summed E-state index contributed by atoms with van der Waals surface area (Å²) in [6, 6.07) is 0. The van der Waals surface area contributed by atoms with Crippen LogP contribution in [0.25, 0.3) is 0 Å². The molecule has 5 nitrogen and oxygen atoms in total. The van der Waals surface area contributed by atoms with Crippen molar-refractivity contribution in [3.63, 3.8) is 0 Å². The molecule has 0 aliphatic heterocycles. The third kappa shape index (κ3) is 206. The van der Waals surface area contributed by atoms with Gasteiger partial charge in [-0.3, -0.25) is 0 Å². The van der Waals surface area contributed by atoms with Crippen LogP contribution in [0.15, 0.2) is 0 Å². The molecule has 0 atom stereocenters. The zero-order valence-corrected chi connectivity index (χ0v) is 6.72. The van der Waals surface area contributed by atoms with Crippen LogP contribution < -0.4 is 8.32 Å². The van der Waals surface area contributed by atoms with E-state index in [1.54, 1.807) is 0 Å². The van der Waals surface area contributed by atoms with E-state index in [4.69, 9.17) is 15.9 Å². The van der Waals surface area contributed by atoms with Gasteiger partial charge in [0.2, 0.25) is 0 Å². The predicted octanol–water partition coefficient (Wildman–Crippen LogP) is -2.80. The Balaban J connectivity index is -0.0000000800. The molecule has 1 N–H and O–H groups in total. The summed E-state index contributed by atoms with van der Waals surface area (Å²) >= 11 is -5.75. The Bertz CT molecular complexity index is 91.2. The molecular formula is HCrO5Zr. The zero-order valence-electron chi connectivity index (χ0n) is 2.99. The van der Waals surface area contributed by atoms with Crippen LogP contribution in [0, 0.1) is 0 Å². The molecule has 0 fully saturated rings. The monoisotopic (exact) mass is 223 g/mol. The van der Waals surface area contributed by atoms with Gasteiger partial charge >= 0.3 is 55.7 Å². The fourth-order valence-electron chi connectivity index (χ4n) is 0. The van der Waals surface area contributed by atoms with Crippen molar-refractivity contribution in [1.82, 2.24) is 0 Å². The summed E-state index contributed by atoms with van der Waals surface area (Å²) in [7, 11) is 0. The molecule has 0 spiro atoms. The second-order valence-electron chi connectivity index (χ2n) is 0.408. The second kappa shape index (κ2) is 5.04. The topological polar surface area (TPSA) is 110 Å². The van der Waals surface area contributed by atoms with Crippen molar-refractivity contribution in [2.75, 3.05) is 0 Å². The average molecular weight is 224 g/mol. The van der Waals surface area contributed by atoms with E-state index < -0.39 is 13.6 Å². The molecule has 41 valence electrons. The molecule has 0 aliphatic rings. The van der Waals surface area contributed by atoms with Crippen LogP contribution in [0.2, 0.25) is 0 Å². The van der Waals surface area contributed by atoms with Gasteiger partial charge in [0.25, 0.3) is 0 Å². The molecule has 0 heterocycles. The van der Waals surface area contributed by atoms with Crippen molar-refractivity contribution in [1.29, 1.82) is 0 Å². The first-order valence-corrected chi connectivity index (χ1v) is 2.75. The molecule has 7 heteroatoms. The van der Waals surface area contributed by atoms with Crippen molar-refractivity contribution in [2.24, 2.45) is 0 Å². The molecule has 7 heavy (non-hydrogen) atoms. The largest absolute Gasteiger partial charge is 3.00 e. The maximum Gasteiger partial charge on any atom is 3.00 e. The Labute approximate surface area is 61.2 Å². The minimum atomic E-state index is -5.75. The summed E-state index contributed by atoms with van der Waals surface area (Å²) in [6.07, 6.45) is 0. The molecule has 0 saturated heterocycles. The number of hydrogen-bond donors (Lipinski definition) is 0. The van der Waals surface area contributed by atoms with E-state index in [1.165, 1.54) is 0 Å². The van der Waals surface area contributed by atoms with Gasteiger partial charge < -0.3 is 5.48 Å². The summed E-state index contributed by atoms with van der Waals surface area (Å²) in [6.45, 7) is 0. The van der Waals surface area contributed by atoms with Gasteiger partial charge in [-0.25, -0.2) is 0 Å².